The highest BCUT2D eigenvalue weighted by Gasteiger charge is 1.96. The van der Waals surface area contributed by atoms with E-state index in [0.717, 1.165) is 14.5 Å². The van der Waals surface area contributed by atoms with Crippen molar-refractivity contribution in [2.24, 2.45) is 5.73 Å². The van der Waals surface area contributed by atoms with Gasteiger partial charge in [0, 0.05) is 15.0 Å². The van der Waals surface area contributed by atoms with E-state index in [9.17, 15) is 4.79 Å². The second kappa shape index (κ2) is 4.58. The van der Waals surface area contributed by atoms with E-state index in [0.29, 0.717) is 0 Å². The Hall–Kier alpha value is -0.610. The molecule has 1 aromatic rings. The summed E-state index contributed by atoms with van der Waals surface area (Å²) in [6.45, 7) is 0. The van der Waals surface area contributed by atoms with E-state index >= 15 is 0 Å². The highest BCUT2D eigenvalue weighted by atomic mass is 79.9. The molecule has 0 unspecified atom stereocenters. The van der Waals surface area contributed by atoms with E-state index in [1.807, 2.05) is 18.2 Å². The van der Waals surface area contributed by atoms with Gasteiger partial charge in [0.25, 0.3) is 0 Å². The summed E-state index contributed by atoms with van der Waals surface area (Å²) in [4.78, 5) is 10.5. The van der Waals surface area contributed by atoms with Crippen LogP contribution in [0.3, 0.4) is 0 Å². The minimum atomic E-state index is -0.452. The third kappa shape index (κ3) is 3.32. The number of hydrogen-bond donors (Lipinski definition) is 1. The van der Waals surface area contributed by atoms with Gasteiger partial charge in [-0.05, 0) is 29.8 Å². The summed E-state index contributed by atoms with van der Waals surface area (Å²) in [7, 11) is 0. The summed E-state index contributed by atoms with van der Waals surface area (Å²) in [5.41, 5.74) is 5.89. The summed E-state index contributed by atoms with van der Waals surface area (Å²) < 4.78 is 1.88. The topological polar surface area (TPSA) is 43.1 Å². The van der Waals surface area contributed by atoms with Crippen LogP contribution in [0.5, 0.6) is 0 Å². The first-order valence-corrected chi connectivity index (χ1v) is 5.11. The molecule has 0 aromatic heterocycles. The first-order chi connectivity index (χ1) is 6.09. The Labute approximate surface area is 93.1 Å². The van der Waals surface area contributed by atoms with Crippen LogP contribution in [0.15, 0.2) is 33.2 Å². The standard InChI is InChI=1S/C9H7Br2NO/c10-7-2-3-8(11)6(5-7)1-4-9(12)13/h1-5H,(H2,12,13). The van der Waals surface area contributed by atoms with Crippen molar-refractivity contribution < 1.29 is 4.79 Å². The molecule has 68 valence electrons. The molecule has 0 fully saturated rings. The summed E-state index contributed by atoms with van der Waals surface area (Å²) in [6, 6.07) is 5.69. The molecule has 0 aliphatic heterocycles. The summed E-state index contributed by atoms with van der Waals surface area (Å²) in [5.74, 6) is -0.452. The number of carbonyl (C=O) groups excluding carboxylic acids is 1. The Morgan fingerprint density at radius 3 is 2.69 bits per heavy atom. The quantitative estimate of drug-likeness (QED) is 0.839. The molecule has 1 aromatic carbocycles. The molecular weight excluding hydrogens is 298 g/mol. The van der Waals surface area contributed by atoms with Crippen LogP contribution in [0.4, 0.5) is 0 Å². The molecular formula is C9H7Br2NO. The number of halogens is 2. The van der Waals surface area contributed by atoms with Crippen molar-refractivity contribution in [2.45, 2.75) is 0 Å². The summed E-state index contributed by atoms with van der Waals surface area (Å²) in [5, 5.41) is 0. The van der Waals surface area contributed by atoms with Gasteiger partial charge in [-0.3, -0.25) is 4.79 Å². The van der Waals surface area contributed by atoms with Crippen LogP contribution in [0, 0.1) is 0 Å². The molecule has 0 aliphatic carbocycles. The third-order valence-electron chi connectivity index (χ3n) is 1.39. The van der Waals surface area contributed by atoms with Crippen LogP contribution in [-0.2, 0) is 4.79 Å². The molecule has 0 heterocycles. The smallest absolute Gasteiger partial charge is 0.241 e. The zero-order valence-corrected chi connectivity index (χ0v) is 9.80. The predicted octanol–water partition coefficient (Wildman–Crippen LogP) is 2.71. The minimum absolute atomic E-state index is 0.452. The molecule has 1 amide bonds. The second-order valence-electron chi connectivity index (χ2n) is 2.40. The van der Waals surface area contributed by atoms with E-state index in [-0.39, 0.29) is 0 Å². The van der Waals surface area contributed by atoms with E-state index < -0.39 is 5.91 Å². The van der Waals surface area contributed by atoms with E-state index in [2.05, 4.69) is 31.9 Å². The van der Waals surface area contributed by atoms with Crippen LogP contribution >= 0.6 is 31.9 Å². The summed E-state index contributed by atoms with van der Waals surface area (Å²) >= 11 is 6.69. The monoisotopic (exact) mass is 303 g/mol. The SMILES string of the molecule is NC(=O)C=Cc1cc(Br)ccc1Br. The molecule has 0 aliphatic rings. The highest BCUT2D eigenvalue weighted by Crippen LogP contribution is 2.22. The largest absolute Gasteiger partial charge is 0.366 e. The molecule has 0 saturated carbocycles. The Bertz CT molecular complexity index is 361. The lowest BCUT2D eigenvalue weighted by atomic mass is 10.2. The molecule has 0 radical (unpaired) electrons. The number of rotatable bonds is 2. The van der Waals surface area contributed by atoms with Gasteiger partial charge in [0.2, 0.25) is 5.91 Å². The third-order valence-corrected chi connectivity index (χ3v) is 2.60. The number of carbonyl (C=O) groups is 1. The van der Waals surface area contributed by atoms with Crippen molar-refractivity contribution in [1.82, 2.24) is 0 Å². The Morgan fingerprint density at radius 1 is 1.38 bits per heavy atom. The Kier molecular flexibility index (Phi) is 3.69. The van der Waals surface area contributed by atoms with Gasteiger partial charge in [0.15, 0.2) is 0 Å². The fourth-order valence-corrected chi connectivity index (χ4v) is 1.57. The van der Waals surface area contributed by atoms with Gasteiger partial charge in [-0.25, -0.2) is 0 Å². The predicted molar refractivity (Wildman–Crippen MR) is 60.1 cm³/mol. The number of benzene rings is 1. The molecule has 4 heteroatoms. The zero-order chi connectivity index (χ0) is 9.84. The van der Waals surface area contributed by atoms with Gasteiger partial charge in [0.05, 0.1) is 0 Å². The molecule has 1 rings (SSSR count). The highest BCUT2D eigenvalue weighted by molar-refractivity contribution is 9.11. The van der Waals surface area contributed by atoms with Gasteiger partial charge in [-0.15, -0.1) is 0 Å². The first kappa shape index (κ1) is 10.5. The molecule has 0 saturated heterocycles. The average molecular weight is 305 g/mol. The average Bonchev–Trinajstić information content (AvgIpc) is 2.06. The molecule has 2 nitrogen and oxygen atoms in total. The summed E-state index contributed by atoms with van der Waals surface area (Å²) in [6.07, 6.45) is 2.99. The maximum absolute atomic E-state index is 10.5. The number of amides is 1. The normalized spacial score (nSPS) is 10.6. The van der Waals surface area contributed by atoms with Gasteiger partial charge in [-0.1, -0.05) is 31.9 Å². The molecule has 13 heavy (non-hydrogen) atoms. The van der Waals surface area contributed by atoms with E-state index in [4.69, 9.17) is 5.73 Å². The van der Waals surface area contributed by atoms with Gasteiger partial charge in [0.1, 0.15) is 0 Å². The second-order valence-corrected chi connectivity index (χ2v) is 4.17. The van der Waals surface area contributed by atoms with Crippen molar-refractivity contribution >= 4 is 43.8 Å². The minimum Gasteiger partial charge on any atom is -0.366 e. The van der Waals surface area contributed by atoms with E-state index in [1.54, 1.807) is 6.08 Å². The van der Waals surface area contributed by atoms with Gasteiger partial charge >= 0.3 is 0 Å². The van der Waals surface area contributed by atoms with Crippen LogP contribution < -0.4 is 5.73 Å². The zero-order valence-electron chi connectivity index (χ0n) is 6.63. The molecule has 0 bridgehead atoms. The maximum Gasteiger partial charge on any atom is 0.241 e. The van der Waals surface area contributed by atoms with Crippen LogP contribution in [-0.4, -0.2) is 5.91 Å². The first-order valence-electron chi connectivity index (χ1n) is 3.52. The lowest BCUT2D eigenvalue weighted by Crippen LogP contribution is -2.05. The van der Waals surface area contributed by atoms with Gasteiger partial charge in [-0.2, -0.15) is 0 Å². The van der Waals surface area contributed by atoms with Crippen molar-refractivity contribution in [3.63, 3.8) is 0 Å². The Balaban J connectivity index is 3.00. The van der Waals surface area contributed by atoms with Crippen LogP contribution in [0.25, 0.3) is 6.08 Å². The van der Waals surface area contributed by atoms with Crippen LogP contribution in [0.2, 0.25) is 0 Å². The number of nitrogens with two attached hydrogens (primary N) is 1. The van der Waals surface area contributed by atoms with Crippen molar-refractivity contribution in [2.75, 3.05) is 0 Å². The Morgan fingerprint density at radius 2 is 2.08 bits per heavy atom. The molecule has 0 atom stereocenters. The molecule has 2 N–H and O–H groups in total. The van der Waals surface area contributed by atoms with Crippen molar-refractivity contribution in [3.8, 4) is 0 Å². The maximum atomic E-state index is 10.5. The fraction of sp³-hybridized carbons (Fsp3) is 0. The lowest BCUT2D eigenvalue weighted by molar-refractivity contribution is -0.113. The number of primary amides is 1. The van der Waals surface area contributed by atoms with Gasteiger partial charge < -0.3 is 5.73 Å². The van der Waals surface area contributed by atoms with Crippen molar-refractivity contribution in [3.05, 3.63) is 38.8 Å². The lowest BCUT2D eigenvalue weighted by Gasteiger charge is -1.98. The molecule has 0 spiro atoms. The fourth-order valence-electron chi connectivity index (χ4n) is 0.814. The van der Waals surface area contributed by atoms with E-state index in [1.165, 1.54) is 6.08 Å². The van der Waals surface area contributed by atoms with Crippen molar-refractivity contribution in [1.29, 1.82) is 0 Å². The number of hydrogen-bond acceptors (Lipinski definition) is 1. The van der Waals surface area contributed by atoms with Crippen LogP contribution in [0.1, 0.15) is 5.56 Å².